The summed E-state index contributed by atoms with van der Waals surface area (Å²) in [5.74, 6) is 0.314. The third-order valence-corrected chi connectivity index (χ3v) is 6.95. The first-order valence-electron chi connectivity index (χ1n) is 11.9. The molecule has 188 valence electrons. The average molecular weight is 493 g/mol. The van der Waals surface area contributed by atoms with Gasteiger partial charge in [0.1, 0.15) is 11.4 Å². The van der Waals surface area contributed by atoms with E-state index in [1.807, 2.05) is 22.7 Å². The molecule has 2 aliphatic heterocycles. The number of amides is 1. The number of imidazole rings is 1. The van der Waals surface area contributed by atoms with Crippen LogP contribution in [0.3, 0.4) is 0 Å². The second kappa shape index (κ2) is 9.04. The van der Waals surface area contributed by atoms with E-state index in [-0.39, 0.29) is 25.2 Å². The molecule has 4 aromatic heterocycles. The van der Waals surface area contributed by atoms with E-state index in [2.05, 4.69) is 31.7 Å². The fourth-order valence-corrected chi connectivity index (χ4v) is 4.95. The van der Waals surface area contributed by atoms with Crippen LogP contribution in [-0.2, 0) is 9.47 Å². The molecule has 4 aromatic rings. The molecule has 2 aliphatic rings. The number of ether oxygens (including phenoxy) is 2. The summed E-state index contributed by atoms with van der Waals surface area (Å²) in [4.78, 5) is 24.8. The Morgan fingerprint density at radius 3 is 2.92 bits per heavy atom. The first kappa shape index (κ1) is 22.7. The maximum atomic E-state index is 13.1. The van der Waals surface area contributed by atoms with Crippen molar-refractivity contribution in [1.82, 2.24) is 29.3 Å². The van der Waals surface area contributed by atoms with Crippen molar-refractivity contribution >= 4 is 28.7 Å². The largest absolute Gasteiger partial charge is 0.388 e. The molecule has 12 nitrogen and oxygen atoms in total. The number of aliphatic hydroxyl groups excluding tert-OH is 1. The van der Waals surface area contributed by atoms with E-state index in [4.69, 9.17) is 14.5 Å². The second-order valence-electron chi connectivity index (χ2n) is 9.07. The van der Waals surface area contributed by atoms with Gasteiger partial charge in [0.15, 0.2) is 11.3 Å². The molecule has 1 unspecified atom stereocenters. The maximum Gasteiger partial charge on any atom is 0.257 e. The summed E-state index contributed by atoms with van der Waals surface area (Å²) in [7, 11) is 3.54. The van der Waals surface area contributed by atoms with E-state index >= 15 is 0 Å². The van der Waals surface area contributed by atoms with E-state index < -0.39 is 12.1 Å². The number of fused-ring (bicyclic) bond motifs is 2. The van der Waals surface area contributed by atoms with Gasteiger partial charge in [-0.2, -0.15) is 9.61 Å². The van der Waals surface area contributed by atoms with Crippen LogP contribution in [-0.4, -0.2) is 93.7 Å². The Morgan fingerprint density at radius 1 is 1.28 bits per heavy atom. The van der Waals surface area contributed by atoms with Gasteiger partial charge in [0.2, 0.25) is 0 Å². The summed E-state index contributed by atoms with van der Waals surface area (Å²) in [6.45, 7) is 2.19. The number of hydrogen-bond donors (Lipinski definition) is 3. The number of anilines is 2. The van der Waals surface area contributed by atoms with Crippen molar-refractivity contribution in [3.8, 4) is 11.4 Å². The van der Waals surface area contributed by atoms with Gasteiger partial charge in [0.05, 0.1) is 54.7 Å². The van der Waals surface area contributed by atoms with Gasteiger partial charge in [0, 0.05) is 45.7 Å². The van der Waals surface area contributed by atoms with E-state index in [1.54, 1.807) is 24.9 Å². The molecular formula is C24H28N8O4. The fraction of sp³-hybridized carbons (Fsp3) is 0.417. The van der Waals surface area contributed by atoms with Gasteiger partial charge in [-0.25, -0.2) is 9.97 Å². The third kappa shape index (κ3) is 3.74. The van der Waals surface area contributed by atoms with Crippen LogP contribution in [0, 0.1) is 0 Å². The minimum Gasteiger partial charge on any atom is -0.388 e. The van der Waals surface area contributed by atoms with Gasteiger partial charge >= 0.3 is 0 Å². The zero-order valence-corrected chi connectivity index (χ0v) is 20.1. The highest BCUT2D eigenvalue weighted by molar-refractivity contribution is 6.00. The van der Waals surface area contributed by atoms with Crippen LogP contribution < -0.4 is 15.5 Å². The number of methoxy groups -OCH3 is 1. The molecule has 3 atom stereocenters. The van der Waals surface area contributed by atoms with Crippen LogP contribution >= 0.6 is 0 Å². The minimum atomic E-state index is -0.741. The van der Waals surface area contributed by atoms with Gasteiger partial charge < -0.3 is 30.1 Å². The molecule has 0 aromatic carbocycles. The van der Waals surface area contributed by atoms with Gasteiger partial charge in [-0.3, -0.25) is 9.20 Å². The number of aliphatic hydroxyl groups is 1. The van der Waals surface area contributed by atoms with Crippen molar-refractivity contribution in [2.45, 2.75) is 24.7 Å². The monoisotopic (exact) mass is 492 g/mol. The normalized spacial score (nSPS) is 22.1. The first-order valence-corrected chi connectivity index (χ1v) is 11.9. The predicted octanol–water partition coefficient (Wildman–Crippen LogP) is 0.800. The number of rotatable bonds is 6. The summed E-state index contributed by atoms with van der Waals surface area (Å²) in [6, 6.07) is 5.50. The van der Waals surface area contributed by atoms with Crippen molar-refractivity contribution in [3.63, 3.8) is 0 Å². The Kier molecular flexibility index (Phi) is 5.70. The van der Waals surface area contributed by atoms with E-state index in [0.29, 0.717) is 22.7 Å². The highest BCUT2D eigenvalue weighted by Gasteiger charge is 2.29. The lowest BCUT2D eigenvalue weighted by Gasteiger charge is -2.20. The van der Waals surface area contributed by atoms with Crippen molar-refractivity contribution < 1.29 is 19.4 Å². The molecule has 2 fully saturated rings. The van der Waals surface area contributed by atoms with Crippen LogP contribution in [0.15, 0.2) is 36.8 Å². The summed E-state index contributed by atoms with van der Waals surface area (Å²) in [5, 5.41) is 20.4. The Hall–Kier alpha value is -3.74. The van der Waals surface area contributed by atoms with E-state index in [9.17, 15) is 9.90 Å². The smallest absolute Gasteiger partial charge is 0.257 e. The number of carbonyl (C=O) groups is 1. The van der Waals surface area contributed by atoms with E-state index in [0.717, 1.165) is 36.5 Å². The fourth-order valence-electron chi connectivity index (χ4n) is 4.95. The summed E-state index contributed by atoms with van der Waals surface area (Å²) in [5.41, 5.74) is 4.09. The number of aromatic nitrogens is 5. The summed E-state index contributed by atoms with van der Waals surface area (Å²) < 4.78 is 14.4. The van der Waals surface area contributed by atoms with Gasteiger partial charge in [-0.05, 0) is 18.6 Å². The Morgan fingerprint density at radius 2 is 2.17 bits per heavy atom. The van der Waals surface area contributed by atoms with Crippen LogP contribution in [0.25, 0.3) is 22.7 Å². The second-order valence-corrected chi connectivity index (χ2v) is 9.07. The number of nitrogens with one attached hydrogen (secondary N) is 2. The molecule has 0 spiro atoms. The molecule has 6 heterocycles. The number of carbonyl (C=O) groups excluding carboxylic acids is 1. The number of hydrogen-bond acceptors (Lipinski definition) is 9. The molecule has 6 rings (SSSR count). The SMILES string of the molecule is CNc1cc(-c2ccc(N3CC[C@H](OC)C3)c3nccn23)nc2c(C(=O)NC3COC[C@H]3O)cnn12. The van der Waals surface area contributed by atoms with Gasteiger partial charge in [0.25, 0.3) is 5.91 Å². The molecule has 0 radical (unpaired) electrons. The molecule has 0 saturated carbocycles. The maximum absolute atomic E-state index is 13.1. The lowest BCUT2D eigenvalue weighted by molar-refractivity contribution is 0.0888. The van der Waals surface area contributed by atoms with Crippen molar-refractivity contribution in [3.05, 3.63) is 42.4 Å². The third-order valence-electron chi connectivity index (χ3n) is 6.95. The van der Waals surface area contributed by atoms with Crippen molar-refractivity contribution in [2.75, 3.05) is 50.7 Å². The van der Waals surface area contributed by atoms with Crippen molar-refractivity contribution in [2.24, 2.45) is 0 Å². The Balaban J connectivity index is 1.40. The lowest BCUT2D eigenvalue weighted by Crippen LogP contribution is -2.42. The summed E-state index contributed by atoms with van der Waals surface area (Å²) in [6.07, 6.45) is 5.62. The molecule has 36 heavy (non-hydrogen) atoms. The van der Waals surface area contributed by atoms with Crippen LogP contribution in [0.4, 0.5) is 11.5 Å². The van der Waals surface area contributed by atoms with E-state index in [1.165, 1.54) is 6.20 Å². The standard InChI is InChI=1S/C24H28N8O4/c1-25-21-9-16(28-22-15(10-27-32(21)22)24(34)29-17-12-36-13-20(17)33)18-3-4-19(23-26-6-8-31(18)23)30-7-5-14(11-30)35-2/h3-4,6,8-10,14,17,20,25,33H,5,7,11-13H2,1-2H3,(H,29,34)/t14-,17?,20+/m0/s1. The average Bonchev–Trinajstić information content (AvgIpc) is 3.69. The molecule has 2 saturated heterocycles. The first-order chi connectivity index (χ1) is 17.6. The summed E-state index contributed by atoms with van der Waals surface area (Å²) >= 11 is 0. The quantitative estimate of drug-likeness (QED) is 0.358. The van der Waals surface area contributed by atoms with Gasteiger partial charge in [-0.15, -0.1) is 0 Å². The number of pyridine rings is 1. The molecule has 12 heteroatoms. The topological polar surface area (TPSA) is 131 Å². The molecule has 0 bridgehead atoms. The predicted molar refractivity (Wildman–Crippen MR) is 132 cm³/mol. The molecule has 0 aliphatic carbocycles. The number of nitrogens with zero attached hydrogens (tertiary/aromatic N) is 6. The lowest BCUT2D eigenvalue weighted by atomic mass is 10.2. The Labute approximate surface area is 206 Å². The molecule has 1 amide bonds. The highest BCUT2D eigenvalue weighted by Crippen LogP contribution is 2.31. The molecular weight excluding hydrogens is 464 g/mol. The zero-order chi connectivity index (χ0) is 24.8. The van der Waals surface area contributed by atoms with Crippen molar-refractivity contribution in [1.29, 1.82) is 0 Å². The molecule has 3 N–H and O–H groups in total. The van der Waals surface area contributed by atoms with Crippen LogP contribution in [0.2, 0.25) is 0 Å². The van der Waals surface area contributed by atoms with Crippen LogP contribution in [0.1, 0.15) is 16.8 Å². The van der Waals surface area contributed by atoms with Crippen LogP contribution in [0.5, 0.6) is 0 Å². The Bertz CT molecular complexity index is 1430. The van der Waals surface area contributed by atoms with Gasteiger partial charge in [-0.1, -0.05) is 0 Å². The minimum absolute atomic E-state index is 0.201. The highest BCUT2D eigenvalue weighted by atomic mass is 16.5. The zero-order valence-electron chi connectivity index (χ0n) is 20.1.